The minimum Gasteiger partial charge on any atom is -0.484 e. The summed E-state index contributed by atoms with van der Waals surface area (Å²) in [7, 11) is 1.79. The van der Waals surface area contributed by atoms with Crippen molar-refractivity contribution in [2.45, 2.75) is 13.1 Å². The first-order valence-corrected chi connectivity index (χ1v) is 8.54. The average Bonchev–Trinajstić information content (AvgIpc) is 3.19. The van der Waals surface area contributed by atoms with Gasteiger partial charge in [0, 0.05) is 18.7 Å². The molecule has 1 N–H and O–H groups in total. The number of rotatable bonds is 5. The van der Waals surface area contributed by atoms with Gasteiger partial charge in [0.05, 0.1) is 11.0 Å². The molecule has 0 saturated carbocycles. The van der Waals surface area contributed by atoms with Gasteiger partial charge in [0.25, 0.3) is 0 Å². The van der Waals surface area contributed by atoms with Crippen LogP contribution in [-0.2, 0) is 7.05 Å². The molecule has 150 valence electrons. The van der Waals surface area contributed by atoms with E-state index in [0.29, 0.717) is 22.5 Å². The van der Waals surface area contributed by atoms with Crippen molar-refractivity contribution in [1.29, 1.82) is 0 Å². The van der Waals surface area contributed by atoms with E-state index in [4.69, 9.17) is 9.15 Å². The predicted octanol–water partition coefficient (Wildman–Crippen LogP) is 4.60. The molecular weight excluding hydrogens is 389 g/mol. The van der Waals surface area contributed by atoms with Crippen LogP contribution in [0.15, 0.2) is 40.8 Å². The standard InChI is InChI=1S/C19H15F3N4O3/c1-10(27)11-3-6-15-14(7-11)23-17(26(15)2)25-18-24-13-5-4-12(8-16(13)29-18)28-9-19(20,21)22/h3-8H,9H2,1-2H3,(H,23,24,25). The van der Waals surface area contributed by atoms with Crippen LogP contribution in [-0.4, -0.2) is 33.1 Å². The number of aryl methyl sites for hydroxylation is 1. The number of alkyl halides is 3. The van der Waals surface area contributed by atoms with Crippen molar-refractivity contribution in [1.82, 2.24) is 14.5 Å². The third-order valence-corrected chi connectivity index (χ3v) is 4.27. The number of halogens is 3. The van der Waals surface area contributed by atoms with E-state index in [9.17, 15) is 18.0 Å². The van der Waals surface area contributed by atoms with Crippen LogP contribution in [0.5, 0.6) is 5.75 Å². The van der Waals surface area contributed by atoms with Crippen molar-refractivity contribution in [3.8, 4) is 5.75 Å². The molecule has 2 aromatic heterocycles. The molecule has 0 aliphatic heterocycles. The number of hydrogen-bond donors (Lipinski definition) is 1. The van der Waals surface area contributed by atoms with Crippen LogP contribution < -0.4 is 10.1 Å². The smallest absolute Gasteiger partial charge is 0.422 e. The maximum Gasteiger partial charge on any atom is 0.422 e. The second kappa shape index (κ2) is 6.80. The molecule has 0 aliphatic rings. The second-order valence-electron chi connectivity index (χ2n) is 6.43. The molecule has 0 amide bonds. The van der Waals surface area contributed by atoms with Crippen LogP contribution in [0.1, 0.15) is 17.3 Å². The molecule has 0 radical (unpaired) electrons. The van der Waals surface area contributed by atoms with Gasteiger partial charge in [0.1, 0.15) is 11.3 Å². The van der Waals surface area contributed by atoms with Gasteiger partial charge in [-0.25, -0.2) is 4.98 Å². The van der Waals surface area contributed by atoms with Crippen molar-refractivity contribution in [3.63, 3.8) is 0 Å². The maximum atomic E-state index is 12.3. The van der Waals surface area contributed by atoms with Gasteiger partial charge in [0.2, 0.25) is 5.95 Å². The molecule has 0 spiro atoms. The molecule has 10 heteroatoms. The number of oxazole rings is 1. The van der Waals surface area contributed by atoms with Crippen LogP contribution >= 0.6 is 0 Å². The summed E-state index contributed by atoms with van der Waals surface area (Å²) in [6, 6.07) is 9.56. The van der Waals surface area contributed by atoms with Gasteiger partial charge in [-0.15, -0.1) is 0 Å². The van der Waals surface area contributed by atoms with Crippen molar-refractivity contribution in [2.75, 3.05) is 11.9 Å². The zero-order valence-electron chi connectivity index (χ0n) is 15.4. The number of hydrogen-bond acceptors (Lipinski definition) is 6. The number of Topliss-reactive ketones (excluding diaryl/α,β-unsaturated/α-hetero) is 1. The molecule has 0 saturated heterocycles. The first-order valence-electron chi connectivity index (χ1n) is 8.54. The fourth-order valence-electron chi connectivity index (χ4n) is 2.84. The fraction of sp³-hybridized carbons (Fsp3) is 0.211. The Kier molecular flexibility index (Phi) is 4.40. The highest BCUT2D eigenvalue weighted by Gasteiger charge is 2.28. The third kappa shape index (κ3) is 3.86. The minimum absolute atomic E-state index is 0.0250. The number of imidazole rings is 1. The molecule has 7 nitrogen and oxygen atoms in total. The quantitative estimate of drug-likeness (QED) is 0.490. The van der Waals surface area contributed by atoms with E-state index in [1.165, 1.54) is 25.1 Å². The molecular formula is C19H15F3N4O3. The zero-order chi connectivity index (χ0) is 20.8. The second-order valence-corrected chi connectivity index (χ2v) is 6.43. The van der Waals surface area contributed by atoms with Crippen molar-refractivity contribution in [2.24, 2.45) is 7.05 Å². The summed E-state index contributed by atoms with van der Waals surface area (Å²) in [5.74, 6) is 0.396. The number of nitrogens with one attached hydrogen (secondary N) is 1. The van der Waals surface area contributed by atoms with E-state index in [-0.39, 0.29) is 23.1 Å². The highest BCUT2D eigenvalue weighted by Crippen LogP contribution is 2.28. The first kappa shape index (κ1) is 18.8. The number of nitrogens with zero attached hydrogens (tertiary/aromatic N) is 3. The number of ketones is 1. The highest BCUT2D eigenvalue weighted by atomic mass is 19.4. The van der Waals surface area contributed by atoms with Gasteiger partial charge in [-0.2, -0.15) is 18.2 Å². The Bertz CT molecular complexity index is 1230. The molecule has 4 aromatic rings. The number of carbonyl (C=O) groups excluding carboxylic acids is 1. The minimum atomic E-state index is -4.43. The van der Waals surface area contributed by atoms with Crippen LogP contribution in [0.2, 0.25) is 0 Å². The van der Waals surface area contributed by atoms with Gasteiger partial charge in [-0.05, 0) is 37.3 Å². The van der Waals surface area contributed by atoms with E-state index in [1.807, 2.05) is 0 Å². The van der Waals surface area contributed by atoms with E-state index >= 15 is 0 Å². The molecule has 4 rings (SSSR count). The van der Waals surface area contributed by atoms with Crippen LogP contribution in [0.4, 0.5) is 25.1 Å². The first-order chi connectivity index (χ1) is 13.7. The van der Waals surface area contributed by atoms with Crippen LogP contribution in [0.3, 0.4) is 0 Å². The predicted molar refractivity (Wildman–Crippen MR) is 99.6 cm³/mol. The van der Waals surface area contributed by atoms with Crippen LogP contribution in [0, 0.1) is 0 Å². The third-order valence-electron chi connectivity index (χ3n) is 4.27. The van der Waals surface area contributed by atoms with Gasteiger partial charge in [-0.1, -0.05) is 0 Å². The lowest BCUT2D eigenvalue weighted by molar-refractivity contribution is -0.153. The van der Waals surface area contributed by atoms with Gasteiger partial charge >= 0.3 is 12.2 Å². The lowest BCUT2D eigenvalue weighted by Gasteiger charge is -2.08. The van der Waals surface area contributed by atoms with Crippen molar-refractivity contribution in [3.05, 3.63) is 42.0 Å². The molecule has 0 unspecified atom stereocenters. The highest BCUT2D eigenvalue weighted by molar-refractivity contribution is 5.97. The van der Waals surface area contributed by atoms with Crippen molar-refractivity contribution < 1.29 is 27.1 Å². The molecule has 0 bridgehead atoms. The number of fused-ring (bicyclic) bond motifs is 2. The number of aromatic nitrogens is 3. The summed E-state index contributed by atoms with van der Waals surface area (Å²) in [5, 5.41) is 2.94. The molecule has 0 atom stereocenters. The summed E-state index contributed by atoms with van der Waals surface area (Å²) in [6.45, 7) is 0.0914. The Morgan fingerprint density at radius 3 is 2.69 bits per heavy atom. The maximum absolute atomic E-state index is 12.3. The largest absolute Gasteiger partial charge is 0.484 e. The van der Waals surface area contributed by atoms with E-state index in [2.05, 4.69) is 15.3 Å². The Hall–Kier alpha value is -3.56. The van der Waals surface area contributed by atoms with Gasteiger partial charge < -0.3 is 13.7 Å². The molecule has 29 heavy (non-hydrogen) atoms. The SMILES string of the molecule is CC(=O)c1ccc2c(c1)nc(Nc1nc3ccc(OCC(F)(F)F)cc3o1)n2C. The van der Waals surface area contributed by atoms with Gasteiger partial charge in [0.15, 0.2) is 18.0 Å². The molecule has 0 fully saturated rings. The Morgan fingerprint density at radius 1 is 1.17 bits per heavy atom. The van der Waals surface area contributed by atoms with Crippen molar-refractivity contribution >= 4 is 39.9 Å². The summed E-state index contributed by atoms with van der Waals surface area (Å²) in [4.78, 5) is 20.2. The molecule has 0 aliphatic carbocycles. The van der Waals surface area contributed by atoms with E-state index < -0.39 is 12.8 Å². The van der Waals surface area contributed by atoms with Crippen LogP contribution in [0.25, 0.3) is 22.1 Å². The number of ether oxygens (including phenoxy) is 1. The van der Waals surface area contributed by atoms with E-state index in [0.717, 1.165) is 5.52 Å². The molecule has 2 aromatic carbocycles. The summed E-state index contributed by atoms with van der Waals surface area (Å²) >= 11 is 0. The number of anilines is 2. The normalized spacial score (nSPS) is 11.9. The number of benzene rings is 2. The average molecular weight is 404 g/mol. The molecule has 2 heterocycles. The number of carbonyl (C=O) groups is 1. The lowest BCUT2D eigenvalue weighted by atomic mass is 10.1. The summed E-state index contributed by atoms with van der Waals surface area (Å²) in [6.07, 6.45) is -4.43. The topological polar surface area (TPSA) is 82.2 Å². The van der Waals surface area contributed by atoms with E-state index in [1.54, 1.807) is 29.8 Å². The van der Waals surface area contributed by atoms with Gasteiger partial charge in [-0.3, -0.25) is 10.1 Å². The zero-order valence-corrected chi connectivity index (χ0v) is 15.4. The summed E-state index contributed by atoms with van der Waals surface area (Å²) < 4.78 is 48.9. The monoisotopic (exact) mass is 404 g/mol. The summed E-state index contributed by atoms with van der Waals surface area (Å²) in [5.41, 5.74) is 2.70. The fourth-order valence-corrected chi connectivity index (χ4v) is 2.84. The Morgan fingerprint density at radius 2 is 1.97 bits per heavy atom. The Balaban J connectivity index is 1.60. The lowest BCUT2D eigenvalue weighted by Crippen LogP contribution is -2.19. The Labute approximate surface area is 162 Å².